The molecule has 0 bridgehead atoms. The number of halogens is 2. The lowest BCUT2D eigenvalue weighted by molar-refractivity contribution is 0.0989. The largest absolute Gasteiger partial charge is 0.504 e. The lowest BCUT2D eigenvalue weighted by atomic mass is 10.0. The molecule has 2 aromatic rings. The van der Waals surface area contributed by atoms with Gasteiger partial charge >= 0.3 is 0 Å². The number of carbonyl (C=O) groups is 1. The summed E-state index contributed by atoms with van der Waals surface area (Å²) >= 11 is 11.7. The summed E-state index contributed by atoms with van der Waals surface area (Å²) in [5.41, 5.74) is 0.458. The molecule has 104 valence electrons. The second kappa shape index (κ2) is 5.61. The van der Waals surface area contributed by atoms with Crippen molar-refractivity contribution in [3.8, 4) is 17.2 Å². The number of hydrogen-bond donors (Lipinski definition) is 3. The molecule has 0 saturated heterocycles. The molecular weight excluding hydrogens is 303 g/mol. The Bertz CT molecular complexity index is 683. The van der Waals surface area contributed by atoms with Gasteiger partial charge in [-0.05, 0) is 29.8 Å². The SMILES string of the molecule is O=C(Cc1ccc(Cl)cc1Cl)c1ccc(O)c(O)c1O. The molecule has 0 spiro atoms. The van der Waals surface area contributed by atoms with Crippen molar-refractivity contribution >= 4 is 29.0 Å². The van der Waals surface area contributed by atoms with Crippen LogP contribution in [0.2, 0.25) is 10.0 Å². The Balaban J connectivity index is 2.31. The fourth-order valence-corrected chi connectivity index (χ4v) is 2.20. The van der Waals surface area contributed by atoms with Crippen LogP contribution in [0, 0.1) is 0 Å². The van der Waals surface area contributed by atoms with Crippen LogP contribution in [0.1, 0.15) is 15.9 Å². The topological polar surface area (TPSA) is 77.8 Å². The van der Waals surface area contributed by atoms with Crippen LogP contribution in [0.25, 0.3) is 0 Å². The Kier molecular flexibility index (Phi) is 4.06. The molecule has 0 amide bonds. The second-order valence-electron chi connectivity index (χ2n) is 4.17. The van der Waals surface area contributed by atoms with Gasteiger partial charge in [0.15, 0.2) is 17.3 Å². The van der Waals surface area contributed by atoms with Gasteiger partial charge in [-0.1, -0.05) is 29.3 Å². The van der Waals surface area contributed by atoms with Crippen molar-refractivity contribution in [1.82, 2.24) is 0 Å². The van der Waals surface area contributed by atoms with Gasteiger partial charge in [-0.3, -0.25) is 4.79 Å². The number of phenolic OH excluding ortho intramolecular Hbond substituents is 3. The third-order valence-electron chi connectivity index (χ3n) is 2.80. The summed E-state index contributed by atoms with van der Waals surface area (Å²) in [5.74, 6) is -2.32. The number of hydrogen-bond acceptors (Lipinski definition) is 4. The molecule has 4 nitrogen and oxygen atoms in total. The summed E-state index contributed by atoms with van der Waals surface area (Å²) in [4.78, 5) is 12.1. The van der Waals surface area contributed by atoms with Crippen LogP contribution in [0.3, 0.4) is 0 Å². The molecule has 0 saturated carbocycles. The Morgan fingerprint density at radius 2 is 1.70 bits per heavy atom. The number of carbonyl (C=O) groups excluding carboxylic acids is 1. The van der Waals surface area contributed by atoms with Gasteiger partial charge in [-0.15, -0.1) is 0 Å². The van der Waals surface area contributed by atoms with E-state index in [1.807, 2.05) is 0 Å². The van der Waals surface area contributed by atoms with Gasteiger partial charge in [0.2, 0.25) is 5.75 Å². The van der Waals surface area contributed by atoms with Gasteiger partial charge in [0.1, 0.15) is 0 Å². The quantitative estimate of drug-likeness (QED) is 0.598. The molecule has 3 N–H and O–H groups in total. The summed E-state index contributed by atoms with van der Waals surface area (Å²) in [6.07, 6.45) is -0.0617. The van der Waals surface area contributed by atoms with E-state index in [1.165, 1.54) is 12.1 Å². The average molecular weight is 313 g/mol. The Morgan fingerprint density at radius 1 is 1.00 bits per heavy atom. The van der Waals surface area contributed by atoms with Gasteiger partial charge < -0.3 is 15.3 Å². The van der Waals surface area contributed by atoms with Gasteiger partial charge in [0, 0.05) is 16.5 Å². The van der Waals surface area contributed by atoms with E-state index >= 15 is 0 Å². The molecule has 0 unspecified atom stereocenters. The molecule has 0 aliphatic heterocycles. The predicted octanol–water partition coefficient (Wildman–Crippen LogP) is 3.54. The van der Waals surface area contributed by atoms with E-state index in [0.717, 1.165) is 6.07 Å². The normalized spacial score (nSPS) is 10.5. The molecule has 0 aromatic heterocycles. The first-order chi connectivity index (χ1) is 9.40. The van der Waals surface area contributed by atoms with Gasteiger partial charge in [0.25, 0.3) is 0 Å². The molecule has 6 heteroatoms. The summed E-state index contributed by atoms with van der Waals surface area (Å²) in [6.45, 7) is 0. The molecule has 0 heterocycles. The number of aromatic hydroxyl groups is 3. The van der Waals surface area contributed by atoms with Crippen LogP contribution in [0.15, 0.2) is 30.3 Å². The summed E-state index contributed by atoms with van der Waals surface area (Å²) in [5, 5.41) is 29.1. The maximum absolute atomic E-state index is 12.1. The predicted molar refractivity (Wildman–Crippen MR) is 75.9 cm³/mol. The van der Waals surface area contributed by atoms with E-state index in [9.17, 15) is 20.1 Å². The maximum atomic E-state index is 12.1. The first kappa shape index (κ1) is 14.5. The van der Waals surface area contributed by atoms with Gasteiger partial charge in [-0.2, -0.15) is 0 Å². The fraction of sp³-hybridized carbons (Fsp3) is 0.0714. The van der Waals surface area contributed by atoms with Crippen LogP contribution in [-0.4, -0.2) is 21.1 Å². The first-order valence-electron chi connectivity index (χ1n) is 5.61. The number of rotatable bonds is 3. The minimum atomic E-state index is -0.724. The van der Waals surface area contributed by atoms with Crippen molar-refractivity contribution in [2.45, 2.75) is 6.42 Å². The highest BCUT2D eigenvalue weighted by Crippen LogP contribution is 2.37. The number of ketones is 1. The van der Waals surface area contributed by atoms with Gasteiger partial charge in [-0.25, -0.2) is 0 Å². The molecule has 0 aliphatic rings. The highest BCUT2D eigenvalue weighted by atomic mass is 35.5. The Morgan fingerprint density at radius 3 is 2.35 bits per heavy atom. The monoisotopic (exact) mass is 312 g/mol. The zero-order valence-corrected chi connectivity index (χ0v) is 11.6. The third-order valence-corrected chi connectivity index (χ3v) is 3.38. The van der Waals surface area contributed by atoms with Crippen LogP contribution >= 0.6 is 23.2 Å². The molecule has 0 fully saturated rings. The summed E-state index contributed by atoms with van der Waals surface area (Å²) in [6, 6.07) is 7.09. The molecule has 0 radical (unpaired) electrons. The van der Waals surface area contributed by atoms with E-state index in [-0.39, 0.29) is 12.0 Å². The lowest BCUT2D eigenvalue weighted by Crippen LogP contribution is -2.04. The fourth-order valence-electron chi connectivity index (χ4n) is 1.73. The van der Waals surface area contributed by atoms with Crippen molar-refractivity contribution in [2.75, 3.05) is 0 Å². The molecule has 0 atom stereocenters. The van der Waals surface area contributed by atoms with Crippen LogP contribution < -0.4 is 0 Å². The average Bonchev–Trinajstić information content (AvgIpc) is 2.39. The lowest BCUT2D eigenvalue weighted by Gasteiger charge is -2.08. The summed E-state index contributed by atoms with van der Waals surface area (Å²) in [7, 11) is 0. The van der Waals surface area contributed by atoms with Crippen molar-refractivity contribution in [2.24, 2.45) is 0 Å². The van der Waals surface area contributed by atoms with Crippen LogP contribution in [0.5, 0.6) is 17.2 Å². The van der Waals surface area contributed by atoms with E-state index in [0.29, 0.717) is 15.6 Å². The standard InChI is InChI=1S/C14H10Cl2O4/c15-8-2-1-7(10(16)6-8)5-12(18)9-3-4-11(17)14(20)13(9)19/h1-4,6,17,19-20H,5H2. The molecule has 2 aromatic carbocycles. The molecule has 20 heavy (non-hydrogen) atoms. The van der Waals surface area contributed by atoms with E-state index in [4.69, 9.17) is 23.2 Å². The van der Waals surface area contributed by atoms with E-state index in [1.54, 1.807) is 12.1 Å². The second-order valence-corrected chi connectivity index (χ2v) is 5.01. The zero-order valence-electron chi connectivity index (χ0n) is 10.1. The van der Waals surface area contributed by atoms with Crippen molar-refractivity contribution in [3.05, 3.63) is 51.5 Å². The van der Waals surface area contributed by atoms with Crippen molar-refractivity contribution in [1.29, 1.82) is 0 Å². The zero-order chi connectivity index (χ0) is 14.9. The smallest absolute Gasteiger partial charge is 0.201 e. The molecule has 2 rings (SSSR count). The van der Waals surface area contributed by atoms with Gasteiger partial charge in [0.05, 0.1) is 5.56 Å². The minimum absolute atomic E-state index is 0.0617. The highest BCUT2D eigenvalue weighted by molar-refractivity contribution is 6.35. The Hall–Kier alpha value is -1.91. The summed E-state index contributed by atoms with van der Waals surface area (Å²) < 4.78 is 0. The van der Waals surface area contributed by atoms with E-state index < -0.39 is 23.0 Å². The van der Waals surface area contributed by atoms with Crippen molar-refractivity contribution < 1.29 is 20.1 Å². The minimum Gasteiger partial charge on any atom is -0.504 e. The van der Waals surface area contributed by atoms with Crippen LogP contribution in [-0.2, 0) is 6.42 Å². The number of Topliss-reactive ketones (excluding diaryl/α,β-unsaturated/α-hetero) is 1. The van der Waals surface area contributed by atoms with Crippen LogP contribution in [0.4, 0.5) is 0 Å². The molecular formula is C14H10Cl2O4. The van der Waals surface area contributed by atoms with Crippen molar-refractivity contribution in [3.63, 3.8) is 0 Å². The number of benzene rings is 2. The third kappa shape index (κ3) is 2.81. The molecule has 0 aliphatic carbocycles. The highest BCUT2D eigenvalue weighted by Gasteiger charge is 2.18. The van der Waals surface area contributed by atoms with E-state index in [2.05, 4.69) is 0 Å². The maximum Gasteiger partial charge on any atom is 0.201 e. The first-order valence-corrected chi connectivity index (χ1v) is 6.36. The number of phenols is 3. The Labute approximate surface area is 124 Å².